The van der Waals surface area contributed by atoms with Gasteiger partial charge in [0, 0.05) is 25.9 Å². The lowest BCUT2D eigenvalue weighted by molar-refractivity contribution is 0.0126. The van der Waals surface area contributed by atoms with Crippen molar-refractivity contribution in [3.8, 4) is 22.6 Å². The first kappa shape index (κ1) is 20.8. The highest BCUT2D eigenvalue weighted by Gasteiger charge is 2.27. The summed E-state index contributed by atoms with van der Waals surface area (Å²) in [4.78, 5) is 14.0. The smallest absolute Gasteiger partial charge is 0.410 e. The summed E-state index contributed by atoms with van der Waals surface area (Å²) in [5.74, 6) is 0.830. The second-order valence-corrected chi connectivity index (χ2v) is 8.61. The van der Waals surface area contributed by atoms with Crippen molar-refractivity contribution in [2.24, 2.45) is 0 Å². The molecular weight excluding hydrogens is 394 g/mol. The molecule has 1 saturated heterocycles. The van der Waals surface area contributed by atoms with Crippen LogP contribution in [0.2, 0.25) is 0 Å². The van der Waals surface area contributed by atoms with E-state index >= 15 is 0 Å². The maximum Gasteiger partial charge on any atom is 0.410 e. The molecule has 0 bridgehead atoms. The van der Waals surface area contributed by atoms with Crippen LogP contribution in [0.15, 0.2) is 54.9 Å². The Kier molecular flexibility index (Phi) is 5.88. The molecule has 162 valence electrons. The monoisotopic (exact) mass is 421 g/mol. The van der Waals surface area contributed by atoms with Gasteiger partial charge in [0.05, 0.1) is 5.69 Å². The maximum atomic E-state index is 12.2. The lowest BCUT2D eigenvalue weighted by Crippen LogP contribution is -2.44. The van der Waals surface area contributed by atoms with E-state index in [0.717, 1.165) is 35.4 Å². The zero-order valence-electron chi connectivity index (χ0n) is 18.1. The van der Waals surface area contributed by atoms with Crippen LogP contribution >= 0.6 is 0 Å². The largest absolute Gasteiger partial charge is 0.490 e. The lowest BCUT2D eigenvalue weighted by Gasteiger charge is -2.33. The van der Waals surface area contributed by atoms with E-state index in [0.29, 0.717) is 13.1 Å². The highest BCUT2D eigenvalue weighted by atomic mass is 16.6. The average Bonchev–Trinajstić information content (AvgIpc) is 3.29. The van der Waals surface area contributed by atoms with Crippen LogP contribution in [0.3, 0.4) is 0 Å². The van der Waals surface area contributed by atoms with Gasteiger partial charge in [0.2, 0.25) is 0 Å². The normalized spacial score (nSPS) is 15.0. The van der Waals surface area contributed by atoms with E-state index in [-0.39, 0.29) is 12.2 Å². The Bertz CT molecular complexity index is 1000. The second-order valence-electron chi connectivity index (χ2n) is 8.61. The van der Waals surface area contributed by atoms with E-state index in [4.69, 9.17) is 9.47 Å². The summed E-state index contributed by atoms with van der Waals surface area (Å²) in [5, 5.41) is 11.3. The number of benzene rings is 2. The molecular formula is C23H27N5O3. The summed E-state index contributed by atoms with van der Waals surface area (Å²) in [6.07, 6.45) is 2.99. The Morgan fingerprint density at radius 2 is 1.77 bits per heavy atom. The number of piperidine rings is 1. The minimum Gasteiger partial charge on any atom is -0.490 e. The van der Waals surface area contributed by atoms with Gasteiger partial charge in [-0.15, -0.1) is 5.10 Å². The number of aromatic nitrogens is 4. The van der Waals surface area contributed by atoms with Crippen molar-refractivity contribution in [3.05, 3.63) is 54.9 Å². The molecule has 1 fully saturated rings. The topological polar surface area (TPSA) is 82.4 Å². The Balaban J connectivity index is 1.34. The summed E-state index contributed by atoms with van der Waals surface area (Å²) in [5.41, 5.74) is 2.59. The third kappa shape index (κ3) is 5.39. The Labute approximate surface area is 181 Å². The fourth-order valence-electron chi connectivity index (χ4n) is 3.51. The molecule has 0 atom stereocenters. The lowest BCUT2D eigenvalue weighted by atomic mass is 10.0. The third-order valence-electron chi connectivity index (χ3n) is 5.04. The van der Waals surface area contributed by atoms with E-state index in [9.17, 15) is 4.79 Å². The molecule has 2 heterocycles. The average molecular weight is 422 g/mol. The fourth-order valence-corrected chi connectivity index (χ4v) is 3.51. The number of likely N-dealkylation sites (tertiary alicyclic amines) is 1. The molecule has 1 amide bonds. The van der Waals surface area contributed by atoms with Gasteiger partial charge in [-0.2, -0.15) is 0 Å². The molecule has 1 aromatic heterocycles. The van der Waals surface area contributed by atoms with Gasteiger partial charge in [-0.1, -0.05) is 24.3 Å². The van der Waals surface area contributed by atoms with Crippen LogP contribution in [0.5, 0.6) is 5.75 Å². The van der Waals surface area contributed by atoms with Crippen molar-refractivity contribution < 1.29 is 14.3 Å². The molecule has 8 nitrogen and oxygen atoms in total. The molecule has 3 aromatic rings. The predicted octanol–water partition coefficient (Wildman–Crippen LogP) is 4.11. The van der Waals surface area contributed by atoms with E-state index < -0.39 is 5.60 Å². The number of tetrazole rings is 1. The molecule has 1 aliphatic rings. The van der Waals surface area contributed by atoms with E-state index in [2.05, 4.69) is 21.6 Å². The second kappa shape index (κ2) is 8.75. The molecule has 8 heteroatoms. The van der Waals surface area contributed by atoms with Crippen LogP contribution in [0.4, 0.5) is 4.79 Å². The zero-order chi connectivity index (χ0) is 21.8. The number of carbonyl (C=O) groups excluding carboxylic acids is 1. The summed E-state index contributed by atoms with van der Waals surface area (Å²) in [7, 11) is 0. The van der Waals surface area contributed by atoms with Gasteiger partial charge in [-0.05, 0) is 66.6 Å². The van der Waals surface area contributed by atoms with Crippen molar-refractivity contribution in [3.63, 3.8) is 0 Å². The molecule has 31 heavy (non-hydrogen) atoms. The Hall–Kier alpha value is -3.42. The number of carbonyl (C=O) groups is 1. The highest BCUT2D eigenvalue weighted by molar-refractivity contribution is 5.68. The molecule has 1 aliphatic heterocycles. The molecule has 4 rings (SSSR count). The summed E-state index contributed by atoms with van der Waals surface area (Å²) in [6.45, 7) is 6.93. The maximum absolute atomic E-state index is 12.2. The Morgan fingerprint density at radius 3 is 2.42 bits per heavy atom. The predicted molar refractivity (Wildman–Crippen MR) is 116 cm³/mol. The minimum absolute atomic E-state index is 0.0904. The van der Waals surface area contributed by atoms with E-state index in [1.807, 2.05) is 63.2 Å². The van der Waals surface area contributed by atoms with Gasteiger partial charge in [0.15, 0.2) is 0 Å². The van der Waals surface area contributed by atoms with Crippen molar-refractivity contribution in [1.82, 2.24) is 25.1 Å². The van der Waals surface area contributed by atoms with E-state index in [1.54, 1.807) is 15.9 Å². The van der Waals surface area contributed by atoms with Crippen molar-refractivity contribution >= 4 is 6.09 Å². The first-order valence-electron chi connectivity index (χ1n) is 10.5. The van der Waals surface area contributed by atoms with Gasteiger partial charge in [-0.3, -0.25) is 0 Å². The van der Waals surface area contributed by atoms with Gasteiger partial charge < -0.3 is 14.4 Å². The minimum atomic E-state index is -0.474. The molecule has 0 unspecified atom stereocenters. The van der Waals surface area contributed by atoms with Crippen molar-refractivity contribution in [2.75, 3.05) is 13.1 Å². The van der Waals surface area contributed by atoms with Crippen LogP contribution in [0.25, 0.3) is 16.8 Å². The third-order valence-corrected chi connectivity index (χ3v) is 5.04. The van der Waals surface area contributed by atoms with Crippen LogP contribution in [0.1, 0.15) is 33.6 Å². The zero-order valence-corrected chi connectivity index (χ0v) is 18.1. The molecule has 0 saturated carbocycles. The first-order valence-corrected chi connectivity index (χ1v) is 10.5. The van der Waals surface area contributed by atoms with Crippen molar-refractivity contribution in [1.29, 1.82) is 0 Å². The van der Waals surface area contributed by atoms with Gasteiger partial charge in [-0.25, -0.2) is 9.48 Å². The van der Waals surface area contributed by atoms with Crippen LogP contribution in [0, 0.1) is 0 Å². The number of rotatable bonds is 4. The number of hydrogen-bond donors (Lipinski definition) is 0. The van der Waals surface area contributed by atoms with Crippen molar-refractivity contribution in [2.45, 2.75) is 45.3 Å². The fraction of sp³-hybridized carbons (Fsp3) is 0.391. The SMILES string of the molecule is CC(C)(C)OC(=O)N1CCC(Oc2ccc(-c3cccc(-n4cnnn4)c3)cc2)CC1. The molecule has 0 radical (unpaired) electrons. The molecule has 0 spiro atoms. The standard InChI is InChI=1S/C23H27N5O3/c1-23(2,3)31-22(29)27-13-11-21(12-14-27)30-20-9-7-17(8-10-20)18-5-4-6-19(15-18)28-16-24-25-26-28/h4-10,15-16,21H,11-14H2,1-3H3. The van der Waals surface area contributed by atoms with Gasteiger partial charge in [0.25, 0.3) is 0 Å². The summed E-state index contributed by atoms with van der Waals surface area (Å²) in [6, 6.07) is 16.1. The molecule has 0 N–H and O–H groups in total. The first-order chi connectivity index (χ1) is 14.9. The quantitative estimate of drug-likeness (QED) is 0.631. The van der Waals surface area contributed by atoms with Crippen LogP contribution in [-0.4, -0.2) is 56.0 Å². The van der Waals surface area contributed by atoms with Gasteiger partial charge >= 0.3 is 6.09 Å². The number of nitrogens with zero attached hydrogens (tertiary/aromatic N) is 5. The van der Waals surface area contributed by atoms with Gasteiger partial charge in [0.1, 0.15) is 23.8 Å². The number of amides is 1. The Morgan fingerprint density at radius 1 is 1.03 bits per heavy atom. The summed E-state index contributed by atoms with van der Waals surface area (Å²) < 4.78 is 13.2. The molecule has 0 aliphatic carbocycles. The number of ether oxygens (including phenoxy) is 2. The highest BCUT2D eigenvalue weighted by Crippen LogP contribution is 2.26. The van der Waals surface area contributed by atoms with E-state index in [1.165, 1.54) is 0 Å². The summed E-state index contributed by atoms with van der Waals surface area (Å²) >= 11 is 0. The van der Waals surface area contributed by atoms with Crippen LogP contribution < -0.4 is 4.74 Å². The molecule has 2 aromatic carbocycles. The van der Waals surface area contributed by atoms with Crippen LogP contribution in [-0.2, 0) is 4.74 Å². The number of hydrogen-bond acceptors (Lipinski definition) is 6.